The van der Waals surface area contributed by atoms with Crippen LogP contribution in [0.1, 0.15) is 28.5 Å². The van der Waals surface area contributed by atoms with E-state index < -0.39 is 0 Å². The van der Waals surface area contributed by atoms with Crippen LogP contribution in [0, 0.1) is 6.92 Å². The zero-order chi connectivity index (χ0) is 17.5. The van der Waals surface area contributed by atoms with Crippen molar-refractivity contribution in [3.8, 4) is 0 Å². The van der Waals surface area contributed by atoms with Crippen molar-refractivity contribution in [2.24, 2.45) is 0 Å². The highest BCUT2D eigenvalue weighted by Gasteiger charge is 2.14. The van der Waals surface area contributed by atoms with Crippen LogP contribution < -0.4 is 10.6 Å². The van der Waals surface area contributed by atoms with Gasteiger partial charge >= 0.3 is 6.03 Å². The average Bonchev–Trinajstić information content (AvgIpc) is 3.05. The molecular weight excluding hydrogens is 332 g/mol. The predicted molar refractivity (Wildman–Crippen MR) is 101 cm³/mol. The van der Waals surface area contributed by atoms with Gasteiger partial charge in [-0.2, -0.15) is 0 Å². The van der Waals surface area contributed by atoms with E-state index in [1.807, 2.05) is 43.3 Å². The van der Waals surface area contributed by atoms with Gasteiger partial charge in [0.25, 0.3) is 0 Å². The van der Waals surface area contributed by atoms with Gasteiger partial charge in [-0.25, -0.2) is 4.79 Å². The van der Waals surface area contributed by atoms with Gasteiger partial charge in [0.2, 0.25) is 5.13 Å². The van der Waals surface area contributed by atoms with Crippen molar-refractivity contribution < 1.29 is 4.79 Å². The Kier molecular flexibility index (Phi) is 5.74. The Morgan fingerprint density at radius 2 is 1.60 bits per heavy atom. The van der Waals surface area contributed by atoms with Crippen LogP contribution in [0.25, 0.3) is 0 Å². The van der Waals surface area contributed by atoms with Gasteiger partial charge in [0, 0.05) is 12.5 Å². The zero-order valence-corrected chi connectivity index (χ0v) is 14.8. The molecule has 0 spiro atoms. The van der Waals surface area contributed by atoms with Gasteiger partial charge in [-0.1, -0.05) is 72.0 Å². The molecular formula is C19H20N4OS. The number of hydrogen-bond acceptors (Lipinski definition) is 4. The fraction of sp³-hybridized carbons (Fsp3) is 0.211. The number of nitrogens with one attached hydrogen (secondary N) is 2. The summed E-state index contributed by atoms with van der Waals surface area (Å²) in [6, 6.07) is 20.5. The number of amides is 2. The highest BCUT2D eigenvalue weighted by Crippen LogP contribution is 2.27. The second kappa shape index (κ2) is 8.39. The summed E-state index contributed by atoms with van der Waals surface area (Å²) in [5.74, 6) is 0.242. The molecule has 2 aromatic carbocycles. The molecule has 0 atom stereocenters. The third-order valence-corrected chi connectivity index (χ3v) is 4.62. The van der Waals surface area contributed by atoms with E-state index in [1.54, 1.807) is 0 Å². The maximum Gasteiger partial charge on any atom is 0.321 e. The summed E-state index contributed by atoms with van der Waals surface area (Å²) < 4.78 is 0. The van der Waals surface area contributed by atoms with E-state index >= 15 is 0 Å². The minimum absolute atomic E-state index is 0.242. The number of nitrogens with zero attached hydrogens (tertiary/aromatic N) is 2. The largest absolute Gasteiger partial charge is 0.338 e. The van der Waals surface area contributed by atoms with E-state index in [2.05, 4.69) is 45.1 Å². The van der Waals surface area contributed by atoms with Crippen LogP contribution in [-0.2, 0) is 0 Å². The lowest BCUT2D eigenvalue weighted by atomic mass is 9.88. The molecule has 0 fully saturated rings. The first-order chi connectivity index (χ1) is 12.2. The van der Waals surface area contributed by atoms with Crippen molar-refractivity contribution >= 4 is 22.5 Å². The van der Waals surface area contributed by atoms with Gasteiger partial charge in [0.1, 0.15) is 5.01 Å². The van der Waals surface area contributed by atoms with Crippen molar-refractivity contribution in [3.05, 3.63) is 76.8 Å². The topological polar surface area (TPSA) is 66.9 Å². The van der Waals surface area contributed by atoms with E-state index in [-0.39, 0.29) is 11.9 Å². The zero-order valence-electron chi connectivity index (χ0n) is 14.0. The molecule has 5 nitrogen and oxygen atoms in total. The standard InChI is InChI=1S/C19H20N4OS/c1-14-22-23-19(25-14)21-18(24)20-13-12-17(15-8-4-2-5-9-15)16-10-6-3-7-11-16/h2-11,17H,12-13H2,1H3,(H2,20,21,23,24). The van der Waals surface area contributed by atoms with Crippen LogP contribution in [-0.4, -0.2) is 22.8 Å². The average molecular weight is 352 g/mol. The first-order valence-corrected chi connectivity index (χ1v) is 8.99. The molecule has 128 valence electrons. The van der Waals surface area contributed by atoms with E-state index in [9.17, 15) is 4.79 Å². The Morgan fingerprint density at radius 1 is 1.00 bits per heavy atom. The maximum absolute atomic E-state index is 12.0. The molecule has 0 aliphatic heterocycles. The molecule has 2 N–H and O–H groups in total. The molecule has 0 unspecified atom stereocenters. The molecule has 25 heavy (non-hydrogen) atoms. The van der Waals surface area contributed by atoms with Crippen molar-refractivity contribution in [3.63, 3.8) is 0 Å². The Bertz CT molecular complexity index is 765. The Hall–Kier alpha value is -2.73. The summed E-state index contributed by atoms with van der Waals surface area (Å²) >= 11 is 1.36. The van der Waals surface area contributed by atoms with Crippen LogP contribution in [0.4, 0.5) is 9.93 Å². The maximum atomic E-state index is 12.0. The molecule has 0 saturated heterocycles. The third kappa shape index (κ3) is 4.87. The minimum Gasteiger partial charge on any atom is -0.338 e. The van der Waals surface area contributed by atoms with Crippen LogP contribution in [0.3, 0.4) is 0 Å². The highest BCUT2D eigenvalue weighted by atomic mass is 32.1. The third-order valence-electron chi connectivity index (χ3n) is 3.87. The molecule has 0 radical (unpaired) electrons. The summed E-state index contributed by atoms with van der Waals surface area (Å²) in [4.78, 5) is 12.0. The predicted octanol–water partition coefficient (Wildman–Crippen LogP) is 4.19. The van der Waals surface area contributed by atoms with E-state index in [1.165, 1.54) is 22.5 Å². The Morgan fingerprint density at radius 3 is 2.12 bits per heavy atom. The van der Waals surface area contributed by atoms with Gasteiger partial charge < -0.3 is 5.32 Å². The Balaban J connectivity index is 1.60. The normalized spacial score (nSPS) is 10.6. The van der Waals surface area contributed by atoms with Crippen LogP contribution in [0.5, 0.6) is 0 Å². The first-order valence-electron chi connectivity index (χ1n) is 8.17. The smallest absolute Gasteiger partial charge is 0.321 e. The number of urea groups is 1. The van der Waals surface area contributed by atoms with Crippen LogP contribution in [0.2, 0.25) is 0 Å². The number of carbonyl (C=O) groups is 1. The SMILES string of the molecule is Cc1nnc(NC(=O)NCCC(c2ccccc2)c2ccccc2)s1. The number of aromatic nitrogens is 2. The summed E-state index contributed by atoms with van der Waals surface area (Å²) in [7, 11) is 0. The lowest BCUT2D eigenvalue weighted by Crippen LogP contribution is -2.30. The number of carbonyl (C=O) groups excluding carboxylic acids is 1. The molecule has 0 bridgehead atoms. The lowest BCUT2D eigenvalue weighted by molar-refractivity contribution is 0.252. The fourth-order valence-electron chi connectivity index (χ4n) is 2.71. The molecule has 2 amide bonds. The van der Waals surface area contributed by atoms with E-state index in [4.69, 9.17) is 0 Å². The van der Waals surface area contributed by atoms with Crippen molar-refractivity contribution in [1.29, 1.82) is 0 Å². The Labute approximate surface area is 151 Å². The highest BCUT2D eigenvalue weighted by molar-refractivity contribution is 7.15. The van der Waals surface area contributed by atoms with E-state index in [0.29, 0.717) is 11.7 Å². The summed E-state index contributed by atoms with van der Waals surface area (Å²) in [6.07, 6.45) is 0.816. The summed E-state index contributed by atoms with van der Waals surface area (Å²) in [5.41, 5.74) is 2.49. The molecule has 3 aromatic rings. The fourth-order valence-corrected chi connectivity index (χ4v) is 3.30. The lowest BCUT2D eigenvalue weighted by Gasteiger charge is -2.18. The molecule has 1 aromatic heterocycles. The number of aryl methyl sites for hydroxylation is 1. The molecule has 6 heteroatoms. The second-order valence-electron chi connectivity index (χ2n) is 5.67. The number of hydrogen-bond donors (Lipinski definition) is 2. The van der Waals surface area contributed by atoms with Crippen molar-refractivity contribution in [2.75, 3.05) is 11.9 Å². The molecule has 3 rings (SSSR count). The van der Waals surface area contributed by atoms with Gasteiger partial charge in [0.05, 0.1) is 0 Å². The quantitative estimate of drug-likeness (QED) is 0.699. The summed E-state index contributed by atoms with van der Waals surface area (Å²) in [6.45, 7) is 2.42. The molecule has 0 aliphatic carbocycles. The van der Waals surface area contributed by atoms with Crippen molar-refractivity contribution in [2.45, 2.75) is 19.3 Å². The molecule has 0 saturated carbocycles. The number of benzene rings is 2. The first kappa shape index (κ1) is 17.1. The number of anilines is 1. The van der Waals surface area contributed by atoms with Gasteiger partial charge in [0.15, 0.2) is 0 Å². The molecule has 0 aliphatic rings. The van der Waals surface area contributed by atoms with Gasteiger partial charge in [-0.05, 0) is 24.5 Å². The van der Waals surface area contributed by atoms with Crippen molar-refractivity contribution in [1.82, 2.24) is 15.5 Å². The van der Waals surface area contributed by atoms with Crippen LogP contribution in [0.15, 0.2) is 60.7 Å². The summed E-state index contributed by atoms with van der Waals surface area (Å²) in [5, 5.41) is 14.7. The van der Waals surface area contributed by atoms with Gasteiger partial charge in [-0.3, -0.25) is 5.32 Å². The van der Waals surface area contributed by atoms with Gasteiger partial charge in [-0.15, -0.1) is 10.2 Å². The molecule has 1 heterocycles. The van der Waals surface area contributed by atoms with Crippen LogP contribution >= 0.6 is 11.3 Å². The minimum atomic E-state index is -0.254. The second-order valence-corrected chi connectivity index (χ2v) is 6.85. The monoisotopic (exact) mass is 352 g/mol. The number of rotatable bonds is 6. The van der Waals surface area contributed by atoms with E-state index in [0.717, 1.165) is 11.4 Å².